The van der Waals surface area contributed by atoms with Gasteiger partial charge in [0.05, 0.1) is 16.5 Å². The monoisotopic (exact) mass is 226 g/mol. The summed E-state index contributed by atoms with van der Waals surface area (Å²) < 4.78 is 0. The summed E-state index contributed by atoms with van der Waals surface area (Å²) in [5, 5.41) is 2.39. The highest BCUT2D eigenvalue weighted by Gasteiger charge is 2.05. The van der Waals surface area contributed by atoms with Crippen LogP contribution in [0.2, 0.25) is 0 Å². The number of thiocarbonyl (C=S) groups is 1. The SMILES string of the molecule is Cc1c(N=C=S)cccc1-c1ccccn1. The first-order chi connectivity index (χ1) is 7.83. The molecular formula is C13H10N2S. The van der Waals surface area contributed by atoms with Crippen LogP contribution >= 0.6 is 12.2 Å². The lowest BCUT2D eigenvalue weighted by molar-refractivity contribution is 1.30. The van der Waals surface area contributed by atoms with Crippen LogP contribution in [0.15, 0.2) is 47.6 Å². The van der Waals surface area contributed by atoms with E-state index in [1.165, 1.54) is 0 Å². The molecule has 0 amide bonds. The third-order valence-corrected chi connectivity index (χ3v) is 2.50. The van der Waals surface area contributed by atoms with Crippen molar-refractivity contribution < 1.29 is 0 Å². The van der Waals surface area contributed by atoms with E-state index in [1.807, 2.05) is 43.3 Å². The fourth-order valence-electron chi connectivity index (χ4n) is 1.59. The van der Waals surface area contributed by atoms with Crippen molar-refractivity contribution in [3.05, 3.63) is 48.2 Å². The number of isothiocyanates is 1. The predicted molar refractivity (Wildman–Crippen MR) is 69.1 cm³/mol. The molecule has 0 N–H and O–H groups in total. The first-order valence-electron chi connectivity index (χ1n) is 4.92. The Kier molecular flexibility index (Phi) is 3.20. The number of aromatic nitrogens is 1. The molecule has 0 fully saturated rings. The minimum Gasteiger partial charge on any atom is -0.256 e. The van der Waals surface area contributed by atoms with E-state index in [-0.39, 0.29) is 0 Å². The van der Waals surface area contributed by atoms with Crippen LogP contribution in [0, 0.1) is 6.92 Å². The summed E-state index contributed by atoms with van der Waals surface area (Å²) in [6.45, 7) is 2.01. The molecule has 2 rings (SSSR count). The van der Waals surface area contributed by atoms with Crippen molar-refractivity contribution in [2.75, 3.05) is 0 Å². The molecule has 1 aromatic heterocycles. The minimum absolute atomic E-state index is 0.846. The molecule has 0 saturated heterocycles. The topological polar surface area (TPSA) is 25.2 Å². The molecule has 0 aliphatic heterocycles. The smallest absolute Gasteiger partial charge is 0.0775 e. The zero-order valence-electron chi connectivity index (χ0n) is 8.84. The number of rotatable bonds is 2. The standard InChI is InChI=1S/C13H10N2S/c1-10-11(13-6-2-3-8-14-13)5-4-7-12(10)15-9-16/h2-8H,1H3. The first kappa shape index (κ1) is 10.7. The summed E-state index contributed by atoms with van der Waals surface area (Å²) in [7, 11) is 0. The van der Waals surface area contributed by atoms with Gasteiger partial charge in [0.2, 0.25) is 0 Å². The lowest BCUT2D eigenvalue weighted by Crippen LogP contribution is -1.86. The minimum atomic E-state index is 0.846. The largest absolute Gasteiger partial charge is 0.256 e. The molecule has 1 aromatic carbocycles. The molecule has 2 aromatic rings. The zero-order chi connectivity index (χ0) is 11.4. The van der Waals surface area contributed by atoms with E-state index in [2.05, 4.69) is 27.4 Å². The van der Waals surface area contributed by atoms with Gasteiger partial charge in [0.25, 0.3) is 0 Å². The van der Waals surface area contributed by atoms with Crippen molar-refractivity contribution in [2.24, 2.45) is 4.99 Å². The third kappa shape index (κ3) is 2.06. The predicted octanol–water partition coefficient (Wildman–Crippen LogP) is 3.79. The summed E-state index contributed by atoms with van der Waals surface area (Å²) in [4.78, 5) is 8.35. The van der Waals surface area contributed by atoms with E-state index in [1.54, 1.807) is 6.20 Å². The Morgan fingerprint density at radius 1 is 1.19 bits per heavy atom. The molecule has 3 heteroatoms. The fraction of sp³-hybridized carbons (Fsp3) is 0.0769. The lowest BCUT2D eigenvalue weighted by Gasteiger charge is -2.06. The van der Waals surface area contributed by atoms with Gasteiger partial charge in [0.15, 0.2) is 0 Å². The number of aliphatic imine (C=N–C) groups is 1. The van der Waals surface area contributed by atoms with Crippen LogP contribution in [0.3, 0.4) is 0 Å². The van der Waals surface area contributed by atoms with E-state index in [0.29, 0.717) is 0 Å². The second-order valence-corrected chi connectivity index (χ2v) is 3.55. The van der Waals surface area contributed by atoms with Crippen LogP contribution in [-0.4, -0.2) is 10.1 Å². The fourth-order valence-corrected chi connectivity index (χ4v) is 1.69. The van der Waals surface area contributed by atoms with Crippen molar-refractivity contribution in [3.63, 3.8) is 0 Å². The average Bonchev–Trinajstić information content (AvgIpc) is 2.33. The van der Waals surface area contributed by atoms with Crippen molar-refractivity contribution >= 4 is 23.1 Å². The summed E-state index contributed by atoms with van der Waals surface area (Å²) in [6, 6.07) is 11.7. The molecule has 0 bridgehead atoms. The van der Waals surface area contributed by atoms with Crippen molar-refractivity contribution in [1.82, 2.24) is 4.98 Å². The number of nitrogens with zero attached hydrogens (tertiary/aromatic N) is 2. The van der Waals surface area contributed by atoms with Crippen LogP contribution in [0.4, 0.5) is 5.69 Å². The van der Waals surface area contributed by atoms with Gasteiger partial charge < -0.3 is 0 Å². The average molecular weight is 226 g/mol. The molecule has 1 heterocycles. The van der Waals surface area contributed by atoms with E-state index < -0.39 is 0 Å². The molecule has 0 radical (unpaired) electrons. The Hall–Kier alpha value is -1.83. The molecule has 0 spiro atoms. The Morgan fingerprint density at radius 2 is 2.06 bits per heavy atom. The molecular weight excluding hydrogens is 216 g/mol. The van der Waals surface area contributed by atoms with E-state index in [9.17, 15) is 0 Å². The highest BCUT2D eigenvalue weighted by Crippen LogP contribution is 2.28. The van der Waals surface area contributed by atoms with Gasteiger partial charge in [-0.25, -0.2) is 0 Å². The van der Waals surface area contributed by atoms with Gasteiger partial charge in [-0.1, -0.05) is 18.2 Å². The van der Waals surface area contributed by atoms with Gasteiger partial charge in [-0.15, -0.1) is 0 Å². The Bertz CT molecular complexity index is 543. The van der Waals surface area contributed by atoms with Gasteiger partial charge in [-0.3, -0.25) is 4.98 Å². The van der Waals surface area contributed by atoms with Crippen LogP contribution in [0.5, 0.6) is 0 Å². The number of hydrogen-bond donors (Lipinski definition) is 0. The highest BCUT2D eigenvalue weighted by molar-refractivity contribution is 7.78. The molecule has 0 aliphatic rings. The molecule has 0 saturated carbocycles. The summed E-state index contributed by atoms with van der Waals surface area (Å²) in [6.07, 6.45) is 1.78. The van der Waals surface area contributed by atoms with Crippen molar-refractivity contribution in [3.8, 4) is 11.3 Å². The Morgan fingerprint density at radius 3 is 2.75 bits per heavy atom. The van der Waals surface area contributed by atoms with Gasteiger partial charge in [0.1, 0.15) is 0 Å². The van der Waals surface area contributed by atoms with Crippen LogP contribution in [0.1, 0.15) is 5.56 Å². The number of pyridine rings is 1. The molecule has 0 atom stereocenters. The second kappa shape index (κ2) is 4.79. The van der Waals surface area contributed by atoms with E-state index >= 15 is 0 Å². The number of benzene rings is 1. The zero-order valence-corrected chi connectivity index (χ0v) is 9.66. The van der Waals surface area contributed by atoms with Crippen molar-refractivity contribution in [2.45, 2.75) is 6.92 Å². The van der Waals surface area contributed by atoms with Gasteiger partial charge in [0, 0.05) is 11.8 Å². The first-order valence-corrected chi connectivity index (χ1v) is 5.32. The molecule has 16 heavy (non-hydrogen) atoms. The van der Waals surface area contributed by atoms with Crippen molar-refractivity contribution in [1.29, 1.82) is 0 Å². The van der Waals surface area contributed by atoms with Gasteiger partial charge in [-0.2, -0.15) is 4.99 Å². The van der Waals surface area contributed by atoms with Gasteiger partial charge >= 0.3 is 0 Å². The summed E-state index contributed by atoms with van der Waals surface area (Å²) >= 11 is 4.62. The molecule has 78 valence electrons. The van der Waals surface area contributed by atoms with E-state index in [4.69, 9.17) is 0 Å². The van der Waals surface area contributed by atoms with Gasteiger partial charge in [-0.05, 0) is 42.9 Å². The van der Waals surface area contributed by atoms with Crippen LogP contribution in [-0.2, 0) is 0 Å². The lowest BCUT2D eigenvalue weighted by atomic mass is 10.0. The molecule has 0 unspecified atom stereocenters. The third-order valence-electron chi connectivity index (χ3n) is 2.41. The maximum absolute atomic E-state index is 4.62. The second-order valence-electron chi connectivity index (χ2n) is 3.37. The molecule has 2 nitrogen and oxygen atoms in total. The Balaban J connectivity index is 2.59. The van der Waals surface area contributed by atoms with E-state index in [0.717, 1.165) is 22.5 Å². The summed E-state index contributed by atoms with van der Waals surface area (Å²) in [5.41, 5.74) is 3.94. The normalized spacial score (nSPS) is 9.56. The maximum atomic E-state index is 4.62. The quantitative estimate of drug-likeness (QED) is 0.575. The highest BCUT2D eigenvalue weighted by atomic mass is 32.1. The molecule has 0 aliphatic carbocycles. The number of hydrogen-bond acceptors (Lipinski definition) is 3. The van der Waals surface area contributed by atoms with Crippen LogP contribution in [0.25, 0.3) is 11.3 Å². The summed E-state index contributed by atoms with van der Waals surface area (Å²) in [5.74, 6) is 0. The van der Waals surface area contributed by atoms with Crippen LogP contribution < -0.4 is 0 Å². The Labute approximate surface area is 99.7 Å². The maximum Gasteiger partial charge on any atom is 0.0775 e.